The smallest absolute Gasteiger partial charge is 0.322 e. The van der Waals surface area contributed by atoms with Gasteiger partial charge in [-0.2, -0.15) is 5.10 Å². The fraction of sp³-hybridized carbons (Fsp3) is 0.294. The van der Waals surface area contributed by atoms with Gasteiger partial charge in [0.15, 0.2) is 0 Å². The van der Waals surface area contributed by atoms with Crippen molar-refractivity contribution in [3.63, 3.8) is 0 Å². The highest BCUT2D eigenvalue weighted by Crippen LogP contribution is 2.13. The summed E-state index contributed by atoms with van der Waals surface area (Å²) >= 11 is 0. The highest BCUT2D eigenvalue weighted by molar-refractivity contribution is 6.01. The number of carbonyl (C=O) groups excluding carboxylic acids is 1. The molecule has 1 aromatic carbocycles. The normalized spacial score (nSPS) is 10.8. The molecule has 3 rings (SSSR count). The topological polar surface area (TPSA) is 85.8 Å². The van der Waals surface area contributed by atoms with E-state index in [-0.39, 0.29) is 11.9 Å². The quantitative estimate of drug-likeness (QED) is 0.779. The van der Waals surface area contributed by atoms with E-state index in [2.05, 4.69) is 39.7 Å². The maximum atomic E-state index is 12.2. The lowest BCUT2D eigenvalue weighted by atomic mass is 10.1. The summed E-state index contributed by atoms with van der Waals surface area (Å²) in [5, 5.41) is 14.6. The Balaban J connectivity index is 1.66. The first-order chi connectivity index (χ1) is 11.5. The predicted octanol–water partition coefficient (Wildman–Crippen LogP) is 2.52. The van der Waals surface area contributed by atoms with Gasteiger partial charge < -0.3 is 4.42 Å². The van der Waals surface area contributed by atoms with Gasteiger partial charge in [-0.05, 0) is 30.5 Å². The van der Waals surface area contributed by atoms with Gasteiger partial charge in [-0.15, -0.1) is 5.10 Å². The van der Waals surface area contributed by atoms with Gasteiger partial charge in [0, 0.05) is 7.05 Å². The van der Waals surface area contributed by atoms with Crippen LogP contribution in [0.15, 0.2) is 34.7 Å². The number of nitrogens with zero attached hydrogens (tertiary/aromatic N) is 4. The van der Waals surface area contributed by atoms with E-state index in [9.17, 15) is 4.79 Å². The minimum atomic E-state index is -0.333. The Hall–Kier alpha value is -2.96. The lowest BCUT2D eigenvalue weighted by molar-refractivity contribution is 0.101. The zero-order valence-electron chi connectivity index (χ0n) is 13.9. The predicted molar refractivity (Wildman–Crippen MR) is 88.8 cm³/mol. The van der Waals surface area contributed by atoms with E-state index < -0.39 is 0 Å². The van der Waals surface area contributed by atoms with Gasteiger partial charge in [-0.25, -0.2) is 0 Å². The molecule has 0 unspecified atom stereocenters. The number of hydrogen-bond donors (Lipinski definition) is 1. The van der Waals surface area contributed by atoms with E-state index in [4.69, 9.17) is 4.42 Å². The SMILES string of the molecule is CCc1ccc(Cc2nnc(NC(=O)c3cc(C)nn3C)o2)cc1. The number of benzene rings is 1. The minimum absolute atomic E-state index is 0.0824. The molecule has 0 saturated carbocycles. The zero-order valence-corrected chi connectivity index (χ0v) is 13.9. The van der Waals surface area contributed by atoms with E-state index in [0.29, 0.717) is 18.0 Å². The van der Waals surface area contributed by atoms with Crippen LogP contribution in [0.25, 0.3) is 0 Å². The van der Waals surface area contributed by atoms with E-state index >= 15 is 0 Å². The van der Waals surface area contributed by atoms with Gasteiger partial charge in [0.25, 0.3) is 5.91 Å². The Labute approximate surface area is 139 Å². The molecule has 0 aliphatic heterocycles. The lowest BCUT2D eigenvalue weighted by Gasteiger charge is -2.01. The molecule has 7 heteroatoms. The third kappa shape index (κ3) is 3.51. The van der Waals surface area contributed by atoms with Gasteiger partial charge in [-0.1, -0.05) is 36.3 Å². The third-order valence-corrected chi connectivity index (χ3v) is 3.71. The first kappa shape index (κ1) is 15.9. The first-order valence-corrected chi connectivity index (χ1v) is 7.77. The number of rotatable bonds is 5. The van der Waals surface area contributed by atoms with Gasteiger partial charge in [0.1, 0.15) is 5.69 Å². The molecule has 24 heavy (non-hydrogen) atoms. The van der Waals surface area contributed by atoms with Crippen LogP contribution in [-0.2, 0) is 19.9 Å². The molecule has 7 nitrogen and oxygen atoms in total. The summed E-state index contributed by atoms with van der Waals surface area (Å²) in [5.41, 5.74) is 3.56. The molecule has 0 bridgehead atoms. The van der Waals surface area contributed by atoms with E-state index in [1.54, 1.807) is 13.1 Å². The van der Waals surface area contributed by atoms with Crippen molar-refractivity contribution < 1.29 is 9.21 Å². The molecular formula is C17H19N5O2. The fourth-order valence-corrected chi connectivity index (χ4v) is 2.43. The molecule has 0 saturated heterocycles. The highest BCUT2D eigenvalue weighted by Gasteiger charge is 2.15. The van der Waals surface area contributed by atoms with Crippen LogP contribution in [0.4, 0.5) is 6.01 Å². The molecule has 0 aliphatic rings. The van der Waals surface area contributed by atoms with Crippen LogP contribution < -0.4 is 5.32 Å². The van der Waals surface area contributed by atoms with Crippen molar-refractivity contribution in [1.29, 1.82) is 0 Å². The van der Waals surface area contributed by atoms with Gasteiger partial charge in [-0.3, -0.25) is 14.8 Å². The summed E-state index contributed by atoms with van der Waals surface area (Å²) < 4.78 is 7.01. The molecule has 0 aliphatic carbocycles. The first-order valence-electron chi connectivity index (χ1n) is 7.77. The molecule has 0 atom stereocenters. The fourth-order valence-electron chi connectivity index (χ4n) is 2.43. The number of nitrogens with one attached hydrogen (secondary N) is 1. The van der Waals surface area contributed by atoms with Crippen LogP contribution in [0.1, 0.15) is 40.1 Å². The van der Waals surface area contributed by atoms with Crippen LogP contribution in [-0.4, -0.2) is 25.9 Å². The molecule has 0 radical (unpaired) electrons. The summed E-state index contributed by atoms with van der Waals surface area (Å²) in [7, 11) is 1.71. The molecule has 2 heterocycles. The van der Waals surface area contributed by atoms with Crippen LogP contribution in [0.5, 0.6) is 0 Å². The van der Waals surface area contributed by atoms with E-state index in [1.807, 2.05) is 19.1 Å². The molecule has 3 aromatic rings. The minimum Gasteiger partial charge on any atom is -0.407 e. The molecule has 1 amide bonds. The Kier molecular flexibility index (Phi) is 4.41. The number of aromatic nitrogens is 4. The summed E-state index contributed by atoms with van der Waals surface area (Å²) in [5.74, 6) is 0.122. The molecule has 0 fully saturated rings. The van der Waals surface area contributed by atoms with Crippen molar-refractivity contribution in [1.82, 2.24) is 20.0 Å². The maximum absolute atomic E-state index is 12.2. The third-order valence-electron chi connectivity index (χ3n) is 3.71. The van der Waals surface area contributed by atoms with Crippen molar-refractivity contribution in [2.75, 3.05) is 5.32 Å². The van der Waals surface area contributed by atoms with Gasteiger partial charge in [0.05, 0.1) is 12.1 Å². The van der Waals surface area contributed by atoms with Crippen molar-refractivity contribution >= 4 is 11.9 Å². The summed E-state index contributed by atoms with van der Waals surface area (Å²) in [4.78, 5) is 12.2. The second kappa shape index (κ2) is 6.66. The number of hydrogen-bond acceptors (Lipinski definition) is 5. The van der Waals surface area contributed by atoms with Crippen molar-refractivity contribution in [3.05, 3.63) is 58.7 Å². The van der Waals surface area contributed by atoms with Crippen LogP contribution in [0.3, 0.4) is 0 Å². The van der Waals surface area contributed by atoms with Crippen LogP contribution in [0.2, 0.25) is 0 Å². The van der Waals surface area contributed by atoms with Crippen LogP contribution in [0, 0.1) is 6.92 Å². The molecule has 124 valence electrons. The Morgan fingerprint density at radius 3 is 2.54 bits per heavy atom. The Bertz CT molecular complexity index is 848. The second-order valence-corrected chi connectivity index (χ2v) is 5.60. The monoisotopic (exact) mass is 325 g/mol. The maximum Gasteiger partial charge on any atom is 0.322 e. The summed E-state index contributed by atoms with van der Waals surface area (Å²) in [6, 6.07) is 10.0. The Morgan fingerprint density at radius 2 is 1.92 bits per heavy atom. The largest absolute Gasteiger partial charge is 0.407 e. The van der Waals surface area contributed by atoms with Gasteiger partial charge >= 0.3 is 6.01 Å². The lowest BCUT2D eigenvalue weighted by Crippen LogP contribution is -2.16. The molecular weight excluding hydrogens is 306 g/mol. The standard InChI is InChI=1S/C17H19N5O2/c1-4-12-5-7-13(8-6-12)10-15-19-20-17(24-15)18-16(23)14-9-11(2)21-22(14)3/h5-9H,4,10H2,1-3H3,(H,18,20,23). The van der Waals surface area contributed by atoms with E-state index in [1.165, 1.54) is 10.2 Å². The second-order valence-electron chi connectivity index (χ2n) is 5.60. The number of anilines is 1. The molecule has 0 spiro atoms. The van der Waals surface area contributed by atoms with Crippen molar-refractivity contribution in [2.45, 2.75) is 26.7 Å². The van der Waals surface area contributed by atoms with E-state index in [0.717, 1.165) is 17.7 Å². The number of carbonyl (C=O) groups is 1. The number of amides is 1. The average molecular weight is 325 g/mol. The van der Waals surface area contributed by atoms with Crippen LogP contribution >= 0.6 is 0 Å². The Morgan fingerprint density at radius 1 is 1.21 bits per heavy atom. The zero-order chi connectivity index (χ0) is 17.1. The summed E-state index contributed by atoms with van der Waals surface area (Å²) in [6.07, 6.45) is 1.53. The van der Waals surface area contributed by atoms with Crippen molar-refractivity contribution in [2.24, 2.45) is 7.05 Å². The summed E-state index contributed by atoms with van der Waals surface area (Å²) in [6.45, 7) is 3.94. The number of aryl methyl sites for hydroxylation is 3. The van der Waals surface area contributed by atoms with Crippen molar-refractivity contribution in [3.8, 4) is 0 Å². The highest BCUT2D eigenvalue weighted by atomic mass is 16.4. The van der Waals surface area contributed by atoms with Gasteiger partial charge in [0.2, 0.25) is 5.89 Å². The average Bonchev–Trinajstić information content (AvgIpc) is 3.14. The molecule has 1 N–H and O–H groups in total. The molecule has 2 aromatic heterocycles.